The van der Waals surface area contributed by atoms with Gasteiger partial charge in [-0.05, 0) is 50.0 Å². The Bertz CT molecular complexity index is 1460. The molecule has 3 aromatic carbocycles. The van der Waals surface area contributed by atoms with Crippen molar-refractivity contribution in [3.63, 3.8) is 0 Å². The van der Waals surface area contributed by atoms with E-state index in [2.05, 4.69) is 0 Å². The third-order valence-corrected chi connectivity index (χ3v) is 7.80. The molecular formula is C26H32Cl2N6O2S. The molecule has 0 amide bonds. The molecule has 0 bridgehead atoms. The standard InChI is InChI=1S/C26H30N6O2S.2ClH/c1-30(2)15-16-32(35(33,34)22-7-5-4-6-8-22)21-13-14-24-23(18-21)29-25(31(24)3)17-19-9-11-20(12-10-19)26(27)28;;/h4-14,18H,15-17H2,1-3H3,(H3,27,28);2*1H. The van der Waals surface area contributed by atoms with Gasteiger partial charge in [-0.3, -0.25) is 9.71 Å². The molecule has 0 aliphatic rings. The van der Waals surface area contributed by atoms with Crippen molar-refractivity contribution in [1.82, 2.24) is 14.5 Å². The second-order valence-corrected chi connectivity index (χ2v) is 10.6. The molecule has 198 valence electrons. The van der Waals surface area contributed by atoms with Crippen molar-refractivity contribution in [1.29, 1.82) is 5.41 Å². The summed E-state index contributed by atoms with van der Waals surface area (Å²) in [7, 11) is 2.06. The molecule has 0 aliphatic carbocycles. The van der Waals surface area contributed by atoms with Crippen LogP contribution < -0.4 is 10.0 Å². The molecule has 0 unspecified atom stereocenters. The summed E-state index contributed by atoms with van der Waals surface area (Å²) in [6, 6.07) is 21.6. The van der Waals surface area contributed by atoms with Gasteiger partial charge in [0.2, 0.25) is 0 Å². The summed E-state index contributed by atoms with van der Waals surface area (Å²) in [5.41, 5.74) is 9.52. The number of fused-ring (bicyclic) bond motifs is 1. The number of amidine groups is 1. The Kier molecular flexibility index (Phi) is 10.1. The lowest BCUT2D eigenvalue weighted by Crippen LogP contribution is -2.36. The van der Waals surface area contributed by atoms with Gasteiger partial charge in [0.05, 0.1) is 21.6 Å². The number of aryl methyl sites for hydroxylation is 1. The van der Waals surface area contributed by atoms with Crippen LogP contribution in [-0.4, -0.2) is 55.9 Å². The lowest BCUT2D eigenvalue weighted by Gasteiger charge is -2.26. The first-order chi connectivity index (χ1) is 16.7. The number of sulfonamides is 1. The number of imidazole rings is 1. The molecule has 37 heavy (non-hydrogen) atoms. The Labute approximate surface area is 230 Å². The van der Waals surface area contributed by atoms with Crippen molar-refractivity contribution in [2.75, 3.05) is 31.5 Å². The number of aromatic nitrogens is 2. The van der Waals surface area contributed by atoms with E-state index in [-0.39, 0.29) is 35.5 Å². The number of nitrogens with zero attached hydrogens (tertiary/aromatic N) is 4. The van der Waals surface area contributed by atoms with Gasteiger partial charge in [0, 0.05) is 32.1 Å². The van der Waals surface area contributed by atoms with E-state index < -0.39 is 10.0 Å². The molecule has 4 rings (SSSR count). The SMILES string of the molecule is CN(C)CCN(c1ccc2c(c1)nc(Cc1ccc(C(=N)N)cc1)n2C)S(=O)(=O)c1ccccc1.Cl.Cl. The zero-order valence-corrected chi connectivity index (χ0v) is 23.4. The fourth-order valence-electron chi connectivity index (χ4n) is 3.93. The van der Waals surface area contributed by atoms with E-state index in [1.165, 1.54) is 4.31 Å². The minimum Gasteiger partial charge on any atom is -0.384 e. The van der Waals surface area contributed by atoms with E-state index in [0.717, 1.165) is 22.4 Å². The lowest BCUT2D eigenvalue weighted by atomic mass is 10.1. The first-order valence-corrected chi connectivity index (χ1v) is 12.7. The van der Waals surface area contributed by atoms with Crippen LogP contribution in [0.15, 0.2) is 77.7 Å². The highest BCUT2D eigenvalue weighted by Gasteiger charge is 2.25. The van der Waals surface area contributed by atoms with Crippen LogP contribution in [0.5, 0.6) is 0 Å². The minimum absolute atomic E-state index is 0. The molecule has 0 fully saturated rings. The molecule has 3 N–H and O–H groups in total. The van der Waals surface area contributed by atoms with Crippen molar-refractivity contribution in [3.8, 4) is 0 Å². The molecule has 0 spiro atoms. The number of benzene rings is 3. The van der Waals surface area contributed by atoms with Crippen LogP contribution in [-0.2, 0) is 23.5 Å². The highest BCUT2D eigenvalue weighted by Crippen LogP contribution is 2.28. The van der Waals surface area contributed by atoms with E-state index in [1.807, 2.05) is 73.1 Å². The summed E-state index contributed by atoms with van der Waals surface area (Å²) >= 11 is 0. The average molecular weight is 564 g/mol. The molecule has 0 saturated carbocycles. The van der Waals surface area contributed by atoms with Gasteiger partial charge in [0.1, 0.15) is 11.7 Å². The fraction of sp³-hybridized carbons (Fsp3) is 0.231. The molecule has 0 aliphatic heterocycles. The van der Waals surface area contributed by atoms with Crippen LogP contribution in [0.4, 0.5) is 5.69 Å². The smallest absolute Gasteiger partial charge is 0.264 e. The number of hydrogen-bond donors (Lipinski definition) is 2. The summed E-state index contributed by atoms with van der Waals surface area (Å²) in [4.78, 5) is 7.04. The monoisotopic (exact) mass is 562 g/mol. The molecule has 0 atom stereocenters. The zero-order valence-electron chi connectivity index (χ0n) is 21.0. The number of rotatable bonds is 9. The maximum absolute atomic E-state index is 13.5. The largest absolute Gasteiger partial charge is 0.384 e. The third-order valence-electron chi connectivity index (χ3n) is 5.95. The van der Waals surface area contributed by atoms with Crippen LogP contribution in [0, 0.1) is 5.41 Å². The summed E-state index contributed by atoms with van der Waals surface area (Å²) in [5, 5.41) is 7.55. The van der Waals surface area contributed by atoms with Gasteiger partial charge in [0.15, 0.2) is 0 Å². The molecule has 1 heterocycles. The number of nitrogens with one attached hydrogen (secondary N) is 1. The van der Waals surface area contributed by atoms with Gasteiger partial charge in [-0.25, -0.2) is 13.4 Å². The van der Waals surface area contributed by atoms with Crippen LogP contribution in [0.3, 0.4) is 0 Å². The van der Waals surface area contributed by atoms with E-state index >= 15 is 0 Å². The predicted molar refractivity (Wildman–Crippen MR) is 155 cm³/mol. The molecule has 0 radical (unpaired) electrons. The summed E-state index contributed by atoms with van der Waals surface area (Å²) in [5.74, 6) is 0.898. The number of likely N-dealkylation sites (N-methyl/N-ethyl adjacent to an activating group) is 1. The maximum atomic E-state index is 13.5. The van der Waals surface area contributed by atoms with Gasteiger partial charge in [-0.1, -0.05) is 42.5 Å². The number of nitrogens with two attached hydrogens (primary N) is 1. The number of hydrogen-bond acceptors (Lipinski definition) is 5. The quantitative estimate of drug-likeness (QED) is 0.236. The summed E-state index contributed by atoms with van der Waals surface area (Å²) < 4.78 is 30.5. The number of anilines is 1. The van der Waals surface area contributed by atoms with Crippen LogP contribution >= 0.6 is 24.8 Å². The van der Waals surface area contributed by atoms with E-state index in [4.69, 9.17) is 16.1 Å². The van der Waals surface area contributed by atoms with Crippen LogP contribution in [0.2, 0.25) is 0 Å². The van der Waals surface area contributed by atoms with Crippen molar-refractivity contribution in [2.24, 2.45) is 12.8 Å². The van der Waals surface area contributed by atoms with Gasteiger partial charge >= 0.3 is 0 Å². The van der Waals surface area contributed by atoms with Crippen molar-refractivity contribution in [3.05, 3.63) is 89.7 Å². The van der Waals surface area contributed by atoms with E-state index in [1.54, 1.807) is 30.3 Å². The Morgan fingerprint density at radius 2 is 1.62 bits per heavy atom. The summed E-state index contributed by atoms with van der Waals surface area (Å²) in [6.07, 6.45) is 0.603. The Morgan fingerprint density at radius 1 is 0.973 bits per heavy atom. The van der Waals surface area contributed by atoms with Crippen molar-refractivity contribution >= 4 is 57.4 Å². The second-order valence-electron chi connectivity index (χ2n) is 8.74. The van der Waals surface area contributed by atoms with Crippen molar-refractivity contribution in [2.45, 2.75) is 11.3 Å². The lowest BCUT2D eigenvalue weighted by molar-refractivity contribution is 0.419. The van der Waals surface area contributed by atoms with E-state index in [0.29, 0.717) is 30.8 Å². The highest BCUT2D eigenvalue weighted by molar-refractivity contribution is 7.92. The molecule has 1 aromatic heterocycles. The van der Waals surface area contributed by atoms with Gasteiger partial charge in [-0.2, -0.15) is 0 Å². The van der Waals surface area contributed by atoms with Crippen LogP contribution in [0.1, 0.15) is 17.0 Å². The van der Waals surface area contributed by atoms with Crippen LogP contribution in [0.25, 0.3) is 11.0 Å². The Balaban J connectivity index is 0.00000241. The molecule has 0 saturated heterocycles. The predicted octanol–water partition coefficient (Wildman–Crippen LogP) is 4.05. The average Bonchev–Trinajstić information content (AvgIpc) is 3.14. The number of nitrogen functional groups attached to an aromatic ring is 1. The third kappa shape index (κ3) is 6.61. The Morgan fingerprint density at radius 3 is 2.22 bits per heavy atom. The first-order valence-electron chi connectivity index (χ1n) is 11.3. The van der Waals surface area contributed by atoms with Crippen molar-refractivity contribution < 1.29 is 8.42 Å². The second kappa shape index (κ2) is 12.4. The molecule has 8 nitrogen and oxygen atoms in total. The number of halogens is 2. The maximum Gasteiger partial charge on any atom is 0.264 e. The Hall–Kier alpha value is -3.11. The minimum atomic E-state index is -3.74. The molecular weight excluding hydrogens is 531 g/mol. The normalized spacial score (nSPS) is 11.1. The molecule has 11 heteroatoms. The first kappa shape index (κ1) is 30.1. The highest BCUT2D eigenvalue weighted by atomic mass is 35.5. The van der Waals surface area contributed by atoms with Gasteiger partial charge < -0.3 is 15.2 Å². The topological polar surface area (TPSA) is 108 Å². The molecule has 4 aromatic rings. The van der Waals surface area contributed by atoms with Gasteiger partial charge in [0.25, 0.3) is 10.0 Å². The summed E-state index contributed by atoms with van der Waals surface area (Å²) in [6.45, 7) is 0.895. The zero-order chi connectivity index (χ0) is 25.2. The van der Waals surface area contributed by atoms with E-state index in [9.17, 15) is 8.42 Å². The van der Waals surface area contributed by atoms with Gasteiger partial charge in [-0.15, -0.1) is 24.8 Å². The fourth-order valence-corrected chi connectivity index (χ4v) is 5.40.